The summed E-state index contributed by atoms with van der Waals surface area (Å²) in [6.07, 6.45) is 4.12. The highest BCUT2D eigenvalue weighted by Crippen LogP contribution is 2.44. The molecule has 0 aliphatic heterocycles. The number of guanidine groups is 1. The highest BCUT2D eigenvalue weighted by Gasteiger charge is 2.28. The van der Waals surface area contributed by atoms with Gasteiger partial charge in [-0.25, -0.2) is 9.18 Å². The first kappa shape index (κ1) is 28.0. The Hall–Kier alpha value is -4.04. The Morgan fingerprint density at radius 2 is 2.03 bits per heavy atom. The summed E-state index contributed by atoms with van der Waals surface area (Å²) in [5.74, 6) is 0.694. The van der Waals surface area contributed by atoms with E-state index in [0.29, 0.717) is 45.8 Å². The van der Waals surface area contributed by atoms with Gasteiger partial charge in [-0.15, -0.1) is 9.24 Å². The van der Waals surface area contributed by atoms with E-state index in [4.69, 9.17) is 4.74 Å². The van der Waals surface area contributed by atoms with Gasteiger partial charge < -0.3 is 19.9 Å². The quantitative estimate of drug-likeness (QED) is 0.191. The standard InChI is InChI=1S/C28H31FN5O4P/c1-17-11-18(12-24(39)25(17)29)14-34(16-35)27(31-23-9-8-21(38-3)13-22(23)19-6-7-19)32-28(37)33(2)15-20-5-4-10-30-26(20)36/h4-5,8-13,16,19H,6-7,14-15,39H2,1-3H3,(H,30,36)(H,31,32,37). The van der Waals surface area contributed by atoms with Gasteiger partial charge in [0.25, 0.3) is 5.56 Å². The number of aliphatic imine (C=N–C) groups is 1. The van der Waals surface area contributed by atoms with Gasteiger partial charge in [0.1, 0.15) is 11.6 Å². The van der Waals surface area contributed by atoms with E-state index in [1.807, 2.05) is 12.1 Å². The number of halogens is 1. The van der Waals surface area contributed by atoms with Crippen LogP contribution in [0.4, 0.5) is 14.9 Å². The largest absolute Gasteiger partial charge is 0.497 e. The summed E-state index contributed by atoms with van der Waals surface area (Å²) in [5.41, 5.74) is 2.88. The van der Waals surface area contributed by atoms with Gasteiger partial charge in [-0.3, -0.25) is 14.5 Å². The molecule has 0 radical (unpaired) electrons. The Bertz CT molecular complexity index is 1450. The third kappa shape index (κ3) is 6.89. The van der Waals surface area contributed by atoms with Crippen molar-refractivity contribution in [1.29, 1.82) is 0 Å². The summed E-state index contributed by atoms with van der Waals surface area (Å²) >= 11 is 0. The number of amides is 3. The number of pyridine rings is 1. The van der Waals surface area contributed by atoms with Gasteiger partial charge in [-0.2, -0.15) is 4.99 Å². The van der Waals surface area contributed by atoms with Gasteiger partial charge in [0, 0.05) is 29.8 Å². The fourth-order valence-corrected chi connectivity index (χ4v) is 4.64. The molecule has 1 fully saturated rings. The zero-order valence-corrected chi connectivity index (χ0v) is 23.2. The number of hydrogen-bond donors (Lipinski definition) is 2. The molecule has 1 saturated carbocycles. The molecular weight excluding hydrogens is 520 g/mol. The minimum absolute atomic E-state index is 0.00294. The predicted molar refractivity (Wildman–Crippen MR) is 152 cm³/mol. The Balaban J connectivity index is 1.68. The normalized spacial score (nSPS) is 13.1. The van der Waals surface area contributed by atoms with E-state index >= 15 is 0 Å². The summed E-state index contributed by atoms with van der Waals surface area (Å²) in [4.78, 5) is 47.0. The molecule has 9 nitrogen and oxygen atoms in total. The first-order valence-corrected chi connectivity index (χ1v) is 13.0. The van der Waals surface area contributed by atoms with E-state index < -0.39 is 6.03 Å². The number of benzene rings is 2. The number of nitrogens with one attached hydrogen (secondary N) is 2. The van der Waals surface area contributed by atoms with E-state index in [1.165, 1.54) is 23.0 Å². The third-order valence-corrected chi connectivity index (χ3v) is 6.87. The molecule has 204 valence electrons. The van der Waals surface area contributed by atoms with Crippen LogP contribution in [0.25, 0.3) is 0 Å². The molecule has 1 atom stereocenters. The number of hydrogen-bond acceptors (Lipinski definition) is 4. The van der Waals surface area contributed by atoms with Crippen LogP contribution in [0.1, 0.15) is 41.0 Å². The number of aromatic nitrogens is 1. The molecule has 4 rings (SSSR count). The topological polar surface area (TPSA) is 107 Å². The van der Waals surface area contributed by atoms with E-state index in [-0.39, 0.29) is 30.4 Å². The van der Waals surface area contributed by atoms with Gasteiger partial charge >= 0.3 is 6.03 Å². The fraction of sp³-hybridized carbons (Fsp3) is 0.286. The van der Waals surface area contributed by atoms with Gasteiger partial charge in [-0.1, -0.05) is 12.1 Å². The highest BCUT2D eigenvalue weighted by molar-refractivity contribution is 7.27. The number of anilines is 1. The SMILES string of the molecule is COc1ccc(N/C(=N/C(=O)N(C)Cc2ccc[nH]c2=O)N(C=O)Cc2cc(C)c(F)c(P)c2)c(C2CC2)c1. The number of urea groups is 1. The Kier molecular flexibility index (Phi) is 8.76. The van der Waals surface area contributed by atoms with Crippen molar-refractivity contribution in [1.82, 2.24) is 14.8 Å². The zero-order chi connectivity index (χ0) is 28.1. The average Bonchev–Trinajstić information content (AvgIpc) is 3.77. The predicted octanol–water partition coefficient (Wildman–Crippen LogP) is 3.89. The van der Waals surface area contributed by atoms with Crippen molar-refractivity contribution >= 4 is 38.6 Å². The third-order valence-electron chi connectivity index (χ3n) is 6.45. The lowest BCUT2D eigenvalue weighted by atomic mass is 10.1. The second-order valence-electron chi connectivity index (χ2n) is 9.50. The van der Waals surface area contributed by atoms with Gasteiger partial charge in [0.15, 0.2) is 0 Å². The lowest BCUT2D eigenvalue weighted by Gasteiger charge is -2.24. The summed E-state index contributed by atoms with van der Waals surface area (Å²) in [6.45, 7) is 1.71. The van der Waals surface area contributed by atoms with E-state index in [1.54, 1.807) is 44.4 Å². The lowest BCUT2D eigenvalue weighted by Crippen LogP contribution is -2.38. The molecule has 0 saturated heterocycles. The summed E-state index contributed by atoms with van der Waals surface area (Å²) in [6, 6.07) is 11.5. The summed E-state index contributed by atoms with van der Waals surface area (Å²) in [7, 11) is 5.47. The molecule has 2 N–H and O–H groups in total. The maximum absolute atomic E-state index is 14.2. The van der Waals surface area contributed by atoms with Gasteiger partial charge in [0.05, 0.1) is 20.2 Å². The monoisotopic (exact) mass is 551 g/mol. The average molecular weight is 552 g/mol. The first-order valence-electron chi connectivity index (χ1n) is 12.4. The van der Waals surface area contributed by atoms with Crippen LogP contribution in [0.2, 0.25) is 0 Å². The number of aromatic amines is 1. The maximum atomic E-state index is 14.2. The van der Waals surface area contributed by atoms with Crippen molar-refractivity contribution in [3.8, 4) is 5.75 Å². The van der Waals surface area contributed by atoms with Crippen molar-refractivity contribution < 1.29 is 18.7 Å². The highest BCUT2D eigenvalue weighted by atomic mass is 31.0. The number of H-pyrrole nitrogens is 1. The molecule has 0 bridgehead atoms. The maximum Gasteiger partial charge on any atom is 0.346 e. The molecule has 1 unspecified atom stereocenters. The van der Waals surface area contributed by atoms with Crippen molar-refractivity contribution in [3.63, 3.8) is 0 Å². The fourth-order valence-electron chi connectivity index (χ4n) is 4.20. The van der Waals surface area contributed by atoms with Gasteiger partial charge in [-0.05, 0) is 72.7 Å². The molecule has 1 heterocycles. The number of methoxy groups -OCH3 is 1. The molecular formula is C28H31FN5O4P. The van der Waals surface area contributed by atoms with Crippen molar-refractivity contribution in [2.45, 2.75) is 38.8 Å². The second kappa shape index (κ2) is 12.2. The number of aryl methyl sites for hydroxylation is 1. The zero-order valence-electron chi connectivity index (χ0n) is 22.0. The molecule has 1 aliphatic rings. The molecule has 39 heavy (non-hydrogen) atoms. The minimum Gasteiger partial charge on any atom is -0.497 e. The molecule has 3 aromatic rings. The van der Waals surface area contributed by atoms with Crippen molar-refractivity contribution in [2.24, 2.45) is 4.99 Å². The van der Waals surface area contributed by atoms with E-state index in [9.17, 15) is 18.8 Å². The molecule has 1 aromatic heterocycles. The molecule has 1 aliphatic carbocycles. The van der Waals surface area contributed by atoms with E-state index in [2.05, 4.69) is 24.5 Å². The van der Waals surface area contributed by atoms with Crippen LogP contribution in [0, 0.1) is 12.7 Å². The van der Waals surface area contributed by atoms with Crippen LogP contribution < -0.4 is 20.9 Å². The smallest absolute Gasteiger partial charge is 0.346 e. The van der Waals surface area contributed by atoms with Crippen LogP contribution in [-0.4, -0.2) is 47.3 Å². The number of rotatable bonds is 8. The van der Waals surface area contributed by atoms with Crippen LogP contribution in [-0.2, 0) is 17.9 Å². The van der Waals surface area contributed by atoms with Crippen LogP contribution in [0.5, 0.6) is 5.75 Å². The van der Waals surface area contributed by atoms with Crippen molar-refractivity contribution in [2.75, 3.05) is 19.5 Å². The number of carbonyl (C=O) groups is 2. The summed E-state index contributed by atoms with van der Waals surface area (Å²) in [5, 5.41) is 3.56. The number of ether oxygens (including phenoxy) is 1. The minimum atomic E-state index is -0.656. The Labute approximate surface area is 228 Å². The Morgan fingerprint density at radius 3 is 2.67 bits per heavy atom. The van der Waals surface area contributed by atoms with Crippen LogP contribution >= 0.6 is 9.24 Å². The molecule has 0 spiro atoms. The number of carbonyl (C=O) groups excluding carboxylic acids is 2. The van der Waals surface area contributed by atoms with Crippen molar-refractivity contribution in [3.05, 3.63) is 87.1 Å². The Morgan fingerprint density at radius 1 is 1.26 bits per heavy atom. The molecule has 3 amide bonds. The van der Waals surface area contributed by atoms with Crippen LogP contribution in [0.15, 0.2) is 58.4 Å². The second-order valence-corrected chi connectivity index (χ2v) is 10.1. The lowest BCUT2D eigenvalue weighted by molar-refractivity contribution is -0.115. The molecule has 11 heteroatoms. The molecule has 2 aromatic carbocycles. The number of nitrogens with zero attached hydrogens (tertiary/aromatic N) is 3. The van der Waals surface area contributed by atoms with Crippen LogP contribution in [0.3, 0.4) is 0 Å². The summed E-state index contributed by atoms with van der Waals surface area (Å²) < 4.78 is 19.6. The van der Waals surface area contributed by atoms with E-state index in [0.717, 1.165) is 18.4 Å². The van der Waals surface area contributed by atoms with Gasteiger partial charge in [0.2, 0.25) is 12.4 Å². The first-order chi connectivity index (χ1) is 18.7.